The van der Waals surface area contributed by atoms with Gasteiger partial charge in [0.15, 0.2) is 0 Å². The Morgan fingerprint density at radius 3 is 1.67 bits per heavy atom. The highest BCUT2D eigenvalue weighted by Crippen LogP contribution is 2.45. The van der Waals surface area contributed by atoms with Gasteiger partial charge in [-0.05, 0) is 90.9 Å². The third kappa shape index (κ3) is 6.10. The lowest BCUT2D eigenvalue weighted by Crippen LogP contribution is -2.42. The molecule has 0 bridgehead atoms. The predicted octanol–water partition coefficient (Wildman–Crippen LogP) is 8.35. The number of carbonyl (C=O) groups excluding carboxylic acids is 1. The molecule has 1 atom stereocenters. The molecule has 0 unspecified atom stereocenters. The van der Waals surface area contributed by atoms with Crippen LogP contribution in [0.4, 0.5) is 0 Å². The molecular formula is C42H42N2O2. The Morgan fingerprint density at radius 2 is 1.13 bits per heavy atom. The molecule has 4 heteroatoms. The van der Waals surface area contributed by atoms with E-state index < -0.39 is 5.41 Å². The number of likely N-dealkylation sites (tertiary alicyclic amines) is 2. The van der Waals surface area contributed by atoms with Crippen molar-refractivity contribution in [2.24, 2.45) is 0 Å². The van der Waals surface area contributed by atoms with E-state index in [0.29, 0.717) is 12.6 Å². The molecule has 0 aromatic heterocycles. The van der Waals surface area contributed by atoms with Crippen molar-refractivity contribution in [3.05, 3.63) is 173 Å². The Morgan fingerprint density at radius 1 is 0.609 bits per heavy atom. The summed E-state index contributed by atoms with van der Waals surface area (Å²) in [6.45, 7) is 4.65. The second kappa shape index (κ2) is 13.8. The van der Waals surface area contributed by atoms with Gasteiger partial charge >= 0.3 is 0 Å². The average Bonchev–Trinajstić information content (AvgIpc) is 3.82. The highest BCUT2D eigenvalue weighted by atomic mass is 16.5. The molecular weight excluding hydrogens is 564 g/mol. The maximum atomic E-state index is 13.4. The summed E-state index contributed by atoms with van der Waals surface area (Å²) in [5.41, 5.74) is 6.24. The van der Waals surface area contributed by atoms with E-state index in [0.717, 1.165) is 42.8 Å². The second-order valence-corrected chi connectivity index (χ2v) is 12.7. The average molecular weight is 607 g/mol. The van der Waals surface area contributed by atoms with Gasteiger partial charge in [0.2, 0.25) is 0 Å². The highest BCUT2D eigenvalue weighted by Gasteiger charge is 2.38. The van der Waals surface area contributed by atoms with Crippen LogP contribution in [0, 0.1) is 0 Å². The van der Waals surface area contributed by atoms with Crippen LogP contribution in [-0.2, 0) is 12.0 Å². The van der Waals surface area contributed by atoms with Crippen molar-refractivity contribution in [3.8, 4) is 5.75 Å². The van der Waals surface area contributed by atoms with Crippen molar-refractivity contribution in [1.29, 1.82) is 0 Å². The fourth-order valence-electron chi connectivity index (χ4n) is 7.50. The summed E-state index contributed by atoms with van der Waals surface area (Å²) in [4.78, 5) is 18.0. The second-order valence-electron chi connectivity index (χ2n) is 12.7. The summed E-state index contributed by atoms with van der Waals surface area (Å²) < 4.78 is 6.21. The number of hydrogen-bond donors (Lipinski definition) is 0. The largest absolute Gasteiger partial charge is 0.489 e. The van der Waals surface area contributed by atoms with Gasteiger partial charge in [0.1, 0.15) is 12.4 Å². The number of amides is 1. The number of nitrogens with zero attached hydrogens (tertiary/aromatic N) is 2. The molecule has 0 radical (unpaired) electrons. The van der Waals surface area contributed by atoms with Crippen LogP contribution in [-0.4, -0.2) is 47.9 Å². The van der Waals surface area contributed by atoms with E-state index in [1.807, 2.05) is 24.3 Å². The number of hydrogen-bond acceptors (Lipinski definition) is 3. The molecule has 2 aliphatic heterocycles. The molecule has 4 nitrogen and oxygen atoms in total. The van der Waals surface area contributed by atoms with E-state index in [2.05, 4.69) is 125 Å². The first-order valence-corrected chi connectivity index (χ1v) is 16.7. The van der Waals surface area contributed by atoms with Crippen molar-refractivity contribution in [3.63, 3.8) is 0 Å². The van der Waals surface area contributed by atoms with Crippen LogP contribution in [0.5, 0.6) is 5.75 Å². The lowest BCUT2D eigenvalue weighted by atomic mass is 9.65. The third-order valence-electron chi connectivity index (χ3n) is 9.82. The minimum Gasteiger partial charge on any atom is -0.489 e. The smallest absolute Gasteiger partial charge is 0.254 e. The number of benzene rings is 5. The molecule has 0 aliphatic carbocycles. The van der Waals surface area contributed by atoms with Gasteiger partial charge in [-0.3, -0.25) is 4.79 Å². The van der Waals surface area contributed by atoms with Crippen LogP contribution in [0.25, 0.3) is 0 Å². The monoisotopic (exact) mass is 606 g/mol. The van der Waals surface area contributed by atoms with Crippen LogP contribution in [0.2, 0.25) is 0 Å². The minimum atomic E-state index is -0.464. The first kappa shape index (κ1) is 30.0. The summed E-state index contributed by atoms with van der Waals surface area (Å²) >= 11 is 0. The van der Waals surface area contributed by atoms with Crippen molar-refractivity contribution < 1.29 is 9.53 Å². The molecule has 0 N–H and O–H groups in total. The Bertz CT molecular complexity index is 1600. The number of ether oxygens (including phenoxy) is 1. The standard InChI is InChI=1S/C42H42N2O2/c45-41(44-30-12-19-39(44)31-43-28-10-11-29-43)34-22-26-40(27-23-34)46-32-33-20-24-38(25-21-33)42(35-13-4-1-5-14-35,36-15-6-2-7-16-36)37-17-8-3-9-18-37/h1-9,13-18,20-27,39H,10-12,19,28-32H2/t39-/m0/s1. The van der Waals surface area contributed by atoms with Gasteiger partial charge < -0.3 is 14.5 Å². The minimum absolute atomic E-state index is 0.141. The van der Waals surface area contributed by atoms with Crippen molar-refractivity contribution in [2.75, 3.05) is 26.2 Å². The first-order valence-electron chi connectivity index (χ1n) is 16.7. The molecule has 2 aliphatic rings. The van der Waals surface area contributed by atoms with Crippen LogP contribution in [0.3, 0.4) is 0 Å². The highest BCUT2D eigenvalue weighted by molar-refractivity contribution is 5.94. The van der Waals surface area contributed by atoms with E-state index in [4.69, 9.17) is 4.74 Å². The lowest BCUT2D eigenvalue weighted by Gasteiger charge is -2.37. The zero-order valence-electron chi connectivity index (χ0n) is 26.4. The maximum Gasteiger partial charge on any atom is 0.254 e. The quantitative estimate of drug-likeness (QED) is 0.150. The Balaban J connectivity index is 1.08. The SMILES string of the molecule is O=C(c1ccc(OCc2ccc(C(c3ccccc3)(c3ccccc3)c3ccccc3)cc2)cc1)N1CCC[C@H]1CN1CCCC1. The predicted molar refractivity (Wildman–Crippen MR) is 185 cm³/mol. The molecule has 5 aromatic carbocycles. The maximum absolute atomic E-state index is 13.4. The van der Waals surface area contributed by atoms with Crippen molar-refractivity contribution in [1.82, 2.24) is 9.80 Å². The summed E-state index contributed by atoms with van der Waals surface area (Å²) in [6.07, 6.45) is 4.75. The molecule has 232 valence electrons. The topological polar surface area (TPSA) is 32.8 Å². The van der Waals surface area contributed by atoms with E-state index in [9.17, 15) is 4.79 Å². The number of rotatable bonds is 10. The van der Waals surface area contributed by atoms with Crippen molar-refractivity contribution >= 4 is 5.91 Å². The zero-order chi connectivity index (χ0) is 31.2. The number of carbonyl (C=O) groups is 1. The molecule has 46 heavy (non-hydrogen) atoms. The van der Waals surface area contributed by atoms with E-state index in [1.165, 1.54) is 48.2 Å². The summed E-state index contributed by atoms with van der Waals surface area (Å²) in [6, 6.07) is 49.1. The summed E-state index contributed by atoms with van der Waals surface area (Å²) in [5, 5.41) is 0. The van der Waals surface area contributed by atoms with Gasteiger partial charge in [-0.1, -0.05) is 115 Å². The zero-order valence-corrected chi connectivity index (χ0v) is 26.4. The molecule has 2 fully saturated rings. The lowest BCUT2D eigenvalue weighted by molar-refractivity contribution is 0.0708. The molecule has 0 saturated carbocycles. The first-order chi connectivity index (χ1) is 22.7. The third-order valence-corrected chi connectivity index (χ3v) is 9.82. The van der Waals surface area contributed by atoms with Gasteiger partial charge in [-0.25, -0.2) is 0 Å². The van der Waals surface area contributed by atoms with Gasteiger partial charge in [0, 0.05) is 24.7 Å². The molecule has 2 heterocycles. The fraction of sp³-hybridized carbons (Fsp3) is 0.262. The van der Waals surface area contributed by atoms with Crippen LogP contribution >= 0.6 is 0 Å². The normalized spacial score (nSPS) is 16.9. The Hall–Kier alpha value is -4.67. The van der Waals surface area contributed by atoms with E-state index in [-0.39, 0.29) is 5.91 Å². The molecule has 7 rings (SSSR count). The summed E-state index contributed by atoms with van der Waals surface area (Å²) in [7, 11) is 0. The van der Waals surface area contributed by atoms with Crippen LogP contribution in [0.1, 0.15) is 63.9 Å². The van der Waals surface area contributed by atoms with Gasteiger partial charge in [-0.15, -0.1) is 0 Å². The van der Waals surface area contributed by atoms with Gasteiger partial charge in [-0.2, -0.15) is 0 Å². The van der Waals surface area contributed by atoms with Crippen molar-refractivity contribution in [2.45, 2.75) is 43.7 Å². The van der Waals surface area contributed by atoms with Crippen LogP contribution in [0.15, 0.2) is 140 Å². The van der Waals surface area contributed by atoms with Gasteiger partial charge in [0.25, 0.3) is 5.91 Å². The Kier molecular flexibility index (Phi) is 8.98. The molecule has 0 spiro atoms. The fourth-order valence-corrected chi connectivity index (χ4v) is 7.50. The molecule has 1 amide bonds. The Labute approximate surface area is 273 Å². The summed E-state index contributed by atoms with van der Waals surface area (Å²) in [5.74, 6) is 0.908. The van der Waals surface area contributed by atoms with Gasteiger partial charge in [0.05, 0.1) is 5.41 Å². The molecule has 5 aromatic rings. The van der Waals surface area contributed by atoms with E-state index in [1.54, 1.807) is 0 Å². The van der Waals surface area contributed by atoms with E-state index >= 15 is 0 Å². The molecule has 2 saturated heterocycles. The van der Waals surface area contributed by atoms with Crippen LogP contribution < -0.4 is 4.74 Å².